The molecule has 0 aliphatic carbocycles. The molecular weight excluding hydrogens is 214 g/mol. The van der Waals surface area contributed by atoms with Gasteiger partial charge in [-0.2, -0.15) is 0 Å². The molecule has 0 spiro atoms. The monoisotopic (exact) mass is 233 g/mol. The van der Waals surface area contributed by atoms with Gasteiger partial charge in [0.25, 0.3) is 5.91 Å². The van der Waals surface area contributed by atoms with Crippen molar-refractivity contribution in [3.8, 4) is 0 Å². The molecule has 1 amide bonds. The SMILES string of the molecule is Cc1cc(C)cc(C(=O)N2CCC[C@H]2CO)c1. The Bertz CT molecular complexity index is 408. The van der Waals surface area contributed by atoms with Crippen LogP contribution in [0.2, 0.25) is 0 Å². The summed E-state index contributed by atoms with van der Waals surface area (Å²) < 4.78 is 0. The topological polar surface area (TPSA) is 40.5 Å². The van der Waals surface area contributed by atoms with Crippen LogP contribution in [0.15, 0.2) is 18.2 Å². The van der Waals surface area contributed by atoms with E-state index in [1.807, 2.05) is 26.0 Å². The third-order valence-corrected chi connectivity index (χ3v) is 3.32. The first-order valence-electron chi connectivity index (χ1n) is 6.12. The molecule has 1 aromatic rings. The normalized spacial score (nSPS) is 19.7. The van der Waals surface area contributed by atoms with Gasteiger partial charge >= 0.3 is 0 Å². The highest BCUT2D eigenvalue weighted by Crippen LogP contribution is 2.20. The van der Waals surface area contributed by atoms with Crippen molar-refractivity contribution in [1.29, 1.82) is 0 Å². The zero-order valence-corrected chi connectivity index (χ0v) is 10.4. The standard InChI is InChI=1S/C14H19NO2/c1-10-6-11(2)8-12(7-10)14(17)15-5-3-4-13(15)9-16/h6-8,13,16H,3-5,9H2,1-2H3/t13-/m0/s1. The summed E-state index contributed by atoms with van der Waals surface area (Å²) in [4.78, 5) is 14.1. The summed E-state index contributed by atoms with van der Waals surface area (Å²) in [6, 6.07) is 5.90. The molecule has 1 aliphatic heterocycles. The molecule has 0 aromatic heterocycles. The maximum Gasteiger partial charge on any atom is 0.254 e. The molecule has 1 saturated heterocycles. The highest BCUT2D eigenvalue weighted by Gasteiger charge is 2.28. The molecule has 92 valence electrons. The molecule has 2 rings (SSSR count). The van der Waals surface area contributed by atoms with Crippen LogP contribution < -0.4 is 0 Å². The number of hydrogen-bond acceptors (Lipinski definition) is 2. The van der Waals surface area contributed by atoms with Crippen molar-refractivity contribution in [2.45, 2.75) is 32.7 Å². The molecule has 3 nitrogen and oxygen atoms in total. The molecule has 0 bridgehead atoms. The fraction of sp³-hybridized carbons (Fsp3) is 0.500. The van der Waals surface area contributed by atoms with E-state index in [0.717, 1.165) is 36.1 Å². The largest absolute Gasteiger partial charge is 0.394 e. The van der Waals surface area contributed by atoms with E-state index < -0.39 is 0 Å². The van der Waals surface area contributed by atoms with E-state index in [1.54, 1.807) is 4.90 Å². The van der Waals surface area contributed by atoms with Crippen molar-refractivity contribution in [2.24, 2.45) is 0 Å². The van der Waals surface area contributed by atoms with E-state index in [2.05, 4.69) is 6.07 Å². The number of likely N-dealkylation sites (tertiary alicyclic amines) is 1. The summed E-state index contributed by atoms with van der Waals surface area (Å²) in [6.07, 6.45) is 1.90. The molecule has 17 heavy (non-hydrogen) atoms. The van der Waals surface area contributed by atoms with E-state index in [9.17, 15) is 9.90 Å². The Morgan fingerprint density at radius 2 is 2.00 bits per heavy atom. The number of carbonyl (C=O) groups is 1. The quantitative estimate of drug-likeness (QED) is 0.847. The van der Waals surface area contributed by atoms with Gasteiger partial charge in [0.2, 0.25) is 0 Å². The average molecular weight is 233 g/mol. The lowest BCUT2D eigenvalue weighted by Gasteiger charge is -2.23. The van der Waals surface area contributed by atoms with Crippen LogP contribution in [0.5, 0.6) is 0 Å². The summed E-state index contributed by atoms with van der Waals surface area (Å²) >= 11 is 0. The van der Waals surface area contributed by atoms with Crippen LogP contribution in [0.1, 0.15) is 34.3 Å². The number of aliphatic hydroxyl groups is 1. The number of aryl methyl sites for hydroxylation is 2. The Kier molecular flexibility index (Phi) is 3.48. The maximum atomic E-state index is 12.3. The molecule has 1 aromatic carbocycles. The predicted octanol–water partition coefficient (Wildman–Crippen LogP) is 1.90. The molecule has 1 heterocycles. The number of carbonyl (C=O) groups excluding carboxylic acids is 1. The third-order valence-electron chi connectivity index (χ3n) is 3.32. The molecule has 1 fully saturated rings. The van der Waals surface area contributed by atoms with E-state index in [1.165, 1.54) is 0 Å². The zero-order valence-electron chi connectivity index (χ0n) is 10.4. The highest BCUT2D eigenvalue weighted by atomic mass is 16.3. The van der Waals surface area contributed by atoms with E-state index >= 15 is 0 Å². The van der Waals surface area contributed by atoms with Gasteiger partial charge in [0.15, 0.2) is 0 Å². The van der Waals surface area contributed by atoms with Crippen molar-refractivity contribution in [1.82, 2.24) is 4.90 Å². The number of hydrogen-bond donors (Lipinski definition) is 1. The second kappa shape index (κ2) is 4.88. The number of benzene rings is 1. The van der Waals surface area contributed by atoms with E-state index in [0.29, 0.717) is 0 Å². The minimum atomic E-state index is 0.00307. The van der Waals surface area contributed by atoms with Crippen LogP contribution in [0.3, 0.4) is 0 Å². The minimum absolute atomic E-state index is 0.00307. The Labute approximate surface area is 102 Å². The Morgan fingerprint density at radius 1 is 1.35 bits per heavy atom. The first-order chi connectivity index (χ1) is 8.11. The van der Waals surface area contributed by atoms with Gasteiger partial charge < -0.3 is 10.0 Å². The third kappa shape index (κ3) is 2.50. The summed E-state index contributed by atoms with van der Waals surface area (Å²) in [5, 5.41) is 9.25. The van der Waals surface area contributed by atoms with Crippen molar-refractivity contribution in [2.75, 3.05) is 13.2 Å². The fourth-order valence-electron chi connectivity index (χ4n) is 2.56. The van der Waals surface area contributed by atoms with Crippen LogP contribution in [-0.2, 0) is 0 Å². The number of aliphatic hydroxyl groups excluding tert-OH is 1. The fourth-order valence-corrected chi connectivity index (χ4v) is 2.56. The van der Waals surface area contributed by atoms with Gasteiger partial charge in [-0.3, -0.25) is 4.79 Å². The predicted molar refractivity (Wildman–Crippen MR) is 67.1 cm³/mol. The van der Waals surface area contributed by atoms with Crippen LogP contribution in [-0.4, -0.2) is 35.1 Å². The van der Waals surface area contributed by atoms with Crippen LogP contribution >= 0.6 is 0 Å². The van der Waals surface area contributed by atoms with Gasteiger partial charge in [-0.15, -0.1) is 0 Å². The van der Waals surface area contributed by atoms with E-state index in [4.69, 9.17) is 0 Å². The van der Waals surface area contributed by atoms with Crippen molar-refractivity contribution in [3.63, 3.8) is 0 Å². The van der Waals surface area contributed by atoms with Crippen molar-refractivity contribution < 1.29 is 9.90 Å². The van der Waals surface area contributed by atoms with Crippen LogP contribution in [0, 0.1) is 13.8 Å². The Morgan fingerprint density at radius 3 is 2.59 bits per heavy atom. The van der Waals surface area contributed by atoms with Crippen LogP contribution in [0.25, 0.3) is 0 Å². The molecule has 1 atom stereocenters. The van der Waals surface area contributed by atoms with Gasteiger partial charge in [0, 0.05) is 12.1 Å². The first-order valence-corrected chi connectivity index (χ1v) is 6.12. The lowest BCUT2D eigenvalue weighted by molar-refractivity contribution is 0.0677. The lowest BCUT2D eigenvalue weighted by atomic mass is 10.1. The van der Waals surface area contributed by atoms with Gasteiger partial charge in [0.1, 0.15) is 0 Å². The Balaban J connectivity index is 2.24. The molecule has 0 radical (unpaired) electrons. The summed E-state index contributed by atoms with van der Waals surface area (Å²) in [5.41, 5.74) is 2.95. The molecule has 1 N–H and O–H groups in total. The summed E-state index contributed by atoms with van der Waals surface area (Å²) in [6.45, 7) is 4.82. The van der Waals surface area contributed by atoms with Gasteiger partial charge in [-0.05, 0) is 38.8 Å². The minimum Gasteiger partial charge on any atom is -0.394 e. The van der Waals surface area contributed by atoms with Crippen LogP contribution in [0.4, 0.5) is 0 Å². The lowest BCUT2D eigenvalue weighted by Crippen LogP contribution is -2.37. The van der Waals surface area contributed by atoms with Gasteiger partial charge in [-0.25, -0.2) is 0 Å². The van der Waals surface area contributed by atoms with Gasteiger partial charge in [-0.1, -0.05) is 17.2 Å². The zero-order chi connectivity index (χ0) is 12.4. The smallest absolute Gasteiger partial charge is 0.254 e. The Hall–Kier alpha value is -1.35. The van der Waals surface area contributed by atoms with Crippen molar-refractivity contribution in [3.05, 3.63) is 34.9 Å². The molecule has 3 heteroatoms. The second-order valence-corrected chi connectivity index (χ2v) is 4.85. The number of amides is 1. The maximum absolute atomic E-state index is 12.3. The molecule has 1 aliphatic rings. The van der Waals surface area contributed by atoms with E-state index in [-0.39, 0.29) is 18.6 Å². The van der Waals surface area contributed by atoms with Gasteiger partial charge in [0.05, 0.1) is 12.6 Å². The average Bonchev–Trinajstić information content (AvgIpc) is 2.74. The van der Waals surface area contributed by atoms with Crippen molar-refractivity contribution >= 4 is 5.91 Å². The number of rotatable bonds is 2. The molecule has 0 saturated carbocycles. The highest BCUT2D eigenvalue weighted by molar-refractivity contribution is 5.95. The second-order valence-electron chi connectivity index (χ2n) is 4.85. The summed E-state index contributed by atoms with van der Waals surface area (Å²) in [5.74, 6) is 0.0494. The number of nitrogens with zero attached hydrogens (tertiary/aromatic N) is 1. The summed E-state index contributed by atoms with van der Waals surface area (Å²) in [7, 11) is 0. The molecular formula is C14H19NO2. The first kappa shape index (κ1) is 12.1. The molecule has 0 unspecified atom stereocenters.